The maximum Gasteiger partial charge on any atom is 0.257 e. The molecular formula is C25H25ClN4O2. The van der Waals surface area contributed by atoms with Crippen LogP contribution < -0.4 is 4.74 Å². The first-order valence-electron chi connectivity index (χ1n) is 10.8. The lowest BCUT2D eigenvalue weighted by Crippen LogP contribution is -2.38. The van der Waals surface area contributed by atoms with Crippen LogP contribution in [0.2, 0.25) is 5.02 Å². The Hall–Kier alpha value is -3.25. The number of piperidine rings is 1. The van der Waals surface area contributed by atoms with Gasteiger partial charge < -0.3 is 14.6 Å². The van der Waals surface area contributed by atoms with E-state index in [1.807, 2.05) is 42.2 Å². The number of hydrogen-bond acceptors (Lipinski definition) is 3. The van der Waals surface area contributed by atoms with Crippen LogP contribution in [-0.2, 0) is 0 Å². The predicted octanol–water partition coefficient (Wildman–Crippen LogP) is 5.34. The van der Waals surface area contributed by atoms with E-state index < -0.39 is 0 Å². The zero-order chi connectivity index (χ0) is 22.2. The first-order valence-corrected chi connectivity index (χ1v) is 11.2. The molecule has 1 aliphatic heterocycles. The SMILES string of the molecule is COc1ccc2[nH]cc(C3CCN(C(=O)c4cnn(-c5cccc(Cl)c5)c4C)CC3)c2c1. The molecule has 5 rings (SSSR count). The van der Waals surface area contributed by atoms with Gasteiger partial charge in [-0.2, -0.15) is 5.10 Å². The molecule has 1 saturated heterocycles. The van der Waals surface area contributed by atoms with Crippen LogP contribution in [-0.4, -0.2) is 45.8 Å². The van der Waals surface area contributed by atoms with Gasteiger partial charge in [-0.1, -0.05) is 17.7 Å². The number of halogens is 1. The van der Waals surface area contributed by atoms with E-state index in [0.29, 0.717) is 16.5 Å². The van der Waals surface area contributed by atoms with E-state index in [-0.39, 0.29) is 5.91 Å². The molecule has 3 heterocycles. The predicted molar refractivity (Wildman–Crippen MR) is 126 cm³/mol. The molecule has 32 heavy (non-hydrogen) atoms. The Kier molecular flexibility index (Phi) is 5.39. The van der Waals surface area contributed by atoms with Crippen molar-refractivity contribution in [1.29, 1.82) is 0 Å². The number of benzene rings is 2. The Morgan fingerprint density at radius 1 is 1.19 bits per heavy atom. The average Bonchev–Trinajstić information content (AvgIpc) is 3.41. The topological polar surface area (TPSA) is 63.1 Å². The lowest BCUT2D eigenvalue weighted by molar-refractivity contribution is 0.0712. The van der Waals surface area contributed by atoms with Crippen molar-refractivity contribution in [2.75, 3.05) is 20.2 Å². The lowest BCUT2D eigenvalue weighted by atomic mass is 9.89. The summed E-state index contributed by atoms with van der Waals surface area (Å²) in [6, 6.07) is 13.6. The van der Waals surface area contributed by atoms with Gasteiger partial charge in [0.15, 0.2) is 0 Å². The number of carbonyl (C=O) groups excluding carboxylic acids is 1. The Labute approximate surface area is 191 Å². The summed E-state index contributed by atoms with van der Waals surface area (Å²) in [4.78, 5) is 18.6. The number of amides is 1. The number of fused-ring (bicyclic) bond motifs is 1. The number of rotatable bonds is 4. The molecule has 1 fully saturated rings. The van der Waals surface area contributed by atoms with Gasteiger partial charge in [0.1, 0.15) is 5.75 Å². The number of methoxy groups -OCH3 is 1. The Balaban J connectivity index is 1.31. The normalized spacial score (nSPS) is 14.8. The molecule has 0 spiro atoms. The summed E-state index contributed by atoms with van der Waals surface area (Å²) in [7, 11) is 1.69. The highest BCUT2D eigenvalue weighted by Gasteiger charge is 2.28. The molecule has 1 N–H and O–H groups in total. The van der Waals surface area contributed by atoms with E-state index in [9.17, 15) is 4.79 Å². The molecule has 1 amide bonds. The second kappa shape index (κ2) is 8.36. The molecule has 7 heteroatoms. The summed E-state index contributed by atoms with van der Waals surface area (Å²) < 4.78 is 7.17. The van der Waals surface area contributed by atoms with Crippen LogP contribution in [0, 0.1) is 6.92 Å². The van der Waals surface area contributed by atoms with Crippen LogP contribution in [0.4, 0.5) is 0 Å². The van der Waals surface area contributed by atoms with Gasteiger partial charge in [-0.15, -0.1) is 0 Å². The van der Waals surface area contributed by atoms with E-state index in [1.54, 1.807) is 18.0 Å². The first-order chi connectivity index (χ1) is 15.5. The third-order valence-electron chi connectivity index (χ3n) is 6.44. The molecule has 0 unspecified atom stereocenters. The van der Waals surface area contributed by atoms with Crippen molar-refractivity contribution >= 4 is 28.4 Å². The summed E-state index contributed by atoms with van der Waals surface area (Å²) in [5.74, 6) is 1.31. The fraction of sp³-hybridized carbons (Fsp3) is 0.280. The molecule has 2 aromatic carbocycles. The number of nitrogens with one attached hydrogen (secondary N) is 1. The Morgan fingerprint density at radius 3 is 2.75 bits per heavy atom. The molecule has 0 atom stereocenters. The number of carbonyl (C=O) groups is 1. The highest BCUT2D eigenvalue weighted by Crippen LogP contribution is 2.35. The maximum atomic E-state index is 13.2. The van der Waals surface area contributed by atoms with Crippen LogP contribution in [0.25, 0.3) is 16.6 Å². The first kappa shape index (κ1) is 20.6. The molecule has 0 bridgehead atoms. The summed E-state index contributed by atoms with van der Waals surface area (Å²) in [6.45, 7) is 3.37. The quantitative estimate of drug-likeness (QED) is 0.458. The summed E-state index contributed by atoms with van der Waals surface area (Å²) in [5.41, 5.74) is 4.73. The molecular weight excluding hydrogens is 424 g/mol. The Bertz CT molecular complexity index is 1280. The summed E-state index contributed by atoms with van der Waals surface area (Å²) in [5, 5.41) is 6.29. The lowest BCUT2D eigenvalue weighted by Gasteiger charge is -2.32. The van der Waals surface area contributed by atoms with Gasteiger partial charge in [-0.05, 0) is 67.6 Å². The number of aromatic nitrogens is 3. The van der Waals surface area contributed by atoms with Gasteiger partial charge in [-0.25, -0.2) is 4.68 Å². The summed E-state index contributed by atoms with van der Waals surface area (Å²) in [6.07, 6.45) is 5.62. The molecule has 2 aromatic heterocycles. The van der Waals surface area contributed by atoms with Gasteiger partial charge in [0, 0.05) is 35.2 Å². The second-order valence-electron chi connectivity index (χ2n) is 8.26. The fourth-order valence-electron chi connectivity index (χ4n) is 4.64. The van der Waals surface area contributed by atoms with Crippen molar-refractivity contribution in [3.05, 3.63) is 76.7 Å². The van der Waals surface area contributed by atoms with E-state index in [2.05, 4.69) is 28.4 Å². The number of nitrogens with zero attached hydrogens (tertiary/aromatic N) is 3. The van der Waals surface area contributed by atoms with Crippen molar-refractivity contribution in [2.24, 2.45) is 0 Å². The van der Waals surface area contributed by atoms with Crippen LogP contribution >= 0.6 is 11.6 Å². The van der Waals surface area contributed by atoms with Crippen LogP contribution in [0.1, 0.15) is 40.4 Å². The maximum absolute atomic E-state index is 13.2. The minimum absolute atomic E-state index is 0.0369. The zero-order valence-electron chi connectivity index (χ0n) is 18.1. The third kappa shape index (κ3) is 3.65. The van der Waals surface area contributed by atoms with Crippen LogP contribution in [0.15, 0.2) is 54.9 Å². The van der Waals surface area contributed by atoms with Crippen molar-refractivity contribution < 1.29 is 9.53 Å². The van der Waals surface area contributed by atoms with Crippen molar-refractivity contribution in [3.8, 4) is 11.4 Å². The van der Waals surface area contributed by atoms with Gasteiger partial charge in [0.25, 0.3) is 5.91 Å². The number of H-pyrrole nitrogens is 1. The summed E-state index contributed by atoms with van der Waals surface area (Å²) >= 11 is 6.12. The molecule has 0 saturated carbocycles. The van der Waals surface area contributed by atoms with Crippen molar-refractivity contribution in [3.63, 3.8) is 0 Å². The highest BCUT2D eigenvalue weighted by atomic mass is 35.5. The highest BCUT2D eigenvalue weighted by molar-refractivity contribution is 6.30. The van der Waals surface area contributed by atoms with Gasteiger partial charge in [-0.3, -0.25) is 4.79 Å². The molecule has 6 nitrogen and oxygen atoms in total. The number of likely N-dealkylation sites (tertiary alicyclic amines) is 1. The molecule has 1 aliphatic rings. The van der Waals surface area contributed by atoms with Gasteiger partial charge in [0.2, 0.25) is 0 Å². The Morgan fingerprint density at radius 2 is 2.00 bits per heavy atom. The van der Waals surface area contributed by atoms with E-state index in [4.69, 9.17) is 16.3 Å². The van der Waals surface area contributed by atoms with Crippen molar-refractivity contribution in [1.82, 2.24) is 19.7 Å². The van der Waals surface area contributed by atoms with Crippen LogP contribution in [0.5, 0.6) is 5.75 Å². The smallest absolute Gasteiger partial charge is 0.257 e. The molecule has 0 radical (unpaired) electrons. The monoisotopic (exact) mass is 448 g/mol. The standard InChI is InChI=1S/C25H25ClN4O2/c1-16-22(15-28-30(16)19-5-3-4-18(26)12-19)25(31)29-10-8-17(9-11-29)23-14-27-24-7-6-20(32-2)13-21(23)24/h3-7,12-15,17,27H,8-11H2,1-2H3. The largest absolute Gasteiger partial charge is 0.497 e. The van der Waals surface area contributed by atoms with Crippen molar-refractivity contribution in [2.45, 2.75) is 25.7 Å². The zero-order valence-corrected chi connectivity index (χ0v) is 18.9. The number of aromatic amines is 1. The molecule has 4 aromatic rings. The minimum atomic E-state index is 0.0369. The van der Waals surface area contributed by atoms with E-state index >= 15 is 0 Å². The van der Waals surface area contributed by atoms with Gasteiger partial charge >= 0.3 is 0 Å². The fourth-order valence-corrected chi connectivity index (χ4v) is 4.82. The number of hydrogen-bond donors (Lipinski definition) is 1. The van der Waals surface area contributed by atoms with E-state index in [1.165, 1.54) is 10.9 Å². The average molecular weight is 449 g/mol. The number of ether oxygens (including phenoxy) is 1. The second-order valence-corrected chi connectivity index (χ2v) is 8.69. The minimum Gasteiger partial charge on any atom is -0.497 e. The van der Waals surface area contributed by atoms with Crippen LogP contribution in [0.3, 0.4) is 0 Å². The van der Waals surface area contributed by atoms with Gasteiger partial charge in [0.05, 0.1) is 30.3 Å². The molecule has 0 aliphatic carbocycles. The van der Waals surface area contributed by atoms with E-state index in [0.717, 1.165) is 48.6 Å². The third-order valence-corrected chi connectivity index (χ3v) is 6.67. The molecule has 164 valence electrons.